The van der Waals surface area contributed by atoms with Gasteiger partial charge in [0.25, 0.3) is 5.91 Å². The number of hydrogen-bond acceptors (Lipinski definition) is 3. The van der Waals surface area contributed by atoms with Crippen molar-refractivity contribution in [2.24, 2.45) is 0 Å². The Bertz CT molecular complexity index is 428. The molecule has 0 atom stereocenters. The van der Waals surface area contributed by atoms with Crippen LogP contribution in [0.2, 0.25) is 0 Å². The minimum atomic E-state index is -1.23. The van der Waals surface area contributed by atoms with Gasteiger partial charge in [-0.15, -0.1) is 0 Å². The molecule has 1 aromatic rings. The summed E-state index contributed by atoms with van der Waals surface area (Å²) in [7, 11) is 0. The summed E-state index contributed by atoms with van der Waals surface area (Å²) in [6.07, 6.45) is 0.225. The van der Waals surface area contributed by atoms with Crippen molar-refractivity contribution in [1.82, 2.24) is 4.90 Å². The van der Waals surface area contributed by atoms with E-state index in [1.165, 1.54) is 0 Å². The van der Waals surface area contributed by atoms with Crippen LogP contribution in [0, 0.1) is 6.92 Å². The lowest BCUT2D eigenvalue weighted by atomic mass is 10.1. The second-order valence-electron chi connectivity index (χ2n) is 3.25. The van der Waals surface area contributed by atoms with E-state index in [1.54, 1.807) is 31.2 Å². The Kier molecular flexibility index (Phi) is 3.77. The van der Waals surface area contributed by atoms with Gasteiger partial charge in [0.15, 0.2) is 0 Å². The summed E-state index contributed by atoms with van der Waals surface area (Å²) in [4.78, 5) is 33.4. The van der Waals surface area contributed by atoms with Gasteiger partial charge in [0.1, 0.15) is 6.54 Å². The maximum atomic E-state index is 11.8. The van der Waals surface area contributed by atoms with Gasteiger partial charge in [-0.25, -0.2) is 0 Å². The standard InChI is InChI=1S/C11H11NO4/c1-8-4-2-3-5-9(8)11(16)12(7-13)6-10(14)15/h2-5,7H,6H2,1H3,(H,14,15). The third kappa shape index (κ3) is 2.66. The Balaban J connectivity index is 2.96. The number of aliphatic carboxylic acids is 1. The molecule has 0 aliphatic carbocycles. The number of hydrogen-bond donors (Lipinski definition) is 1. The zero-order valence-corrected chi connectivity index (χ0v) is 8.71. The van der Waals surface area contributed by atoms with E-state index < -0.39 is 18.4 Å². The van der Waals surface area contributed by atoms with Crippen molar-refractivity contribution in [3.8, 4) is 0 Å². The van der Waals surface area contributed by atoms with Gasteiger partial charge in [0, 0.05) is 5.56 Å². The van der Waals surface area contributed by atoms with Crippen molar-refractivity contribution >= 4 is 18.3 Å². The number of carbonyl (C=O) groups excluding carboxylic acids is 2. The van der Waals surface area contributed by atoms with Crippen molar-refractivity contribution < 1.29 is 19.5 Å². The molecule has 0 spiro atoms. The number of carboxylic acids is 1. The molecule has 0 heterocycles. The molecule has 0 aromatic heterocycles. The van der Waals surface area contributed by atoms with Gasteiger partial charge in [-0.1, -0.05) is 18.2 Å². The number of carboxylic acid groups (broad SMARTS) is 1. The number of imide groups is 1. The van der Waals surface area contributed by atoms with Crippen LogP contribution in [0.3, 0.4) is 0 Å². The SMILES string of the molecule is Cc1ccccc1C(=O)N(C=O)CC(=O)O. The van der Waals surface area contributed by atoms with Crippen LogP contribution in [0.1, 0.15) is 15.9 Å². The number of benzene rings is 1. The Labute approximate surface area is 92.3 Å². The molecule has 0 fully saturated rings. The van der Waals surface area contributed by atoms with Gasteiger partial charge >= 0.3 is 5.97 Å². The molecule has 0 bridgehead atoms. The molecule has 0 saturated heterocycles. The van der Waals surface area contributed by atoms with E-state index >= 15 is 0 Å². The first-order valence-corrected chi connectivity index (χ1v) is 4.60. The zero-order chi connectivity index (χ0) is 12.1. The lowest BCUT2D eigenvalue weighted by Crippen LogP contribution is -2.34. The maximum Gasteiger partial charge on any atom is 0.323 e. The van der Waals surface area contributed by atoms with Crippen molar-refractivity contribution in [3.05, 3.63) is 35.4 Å². The molecule has 84 valence electrons. The van der Waals surface area contributed by atoms with E-state index in [2.05, 4.69) is 0 Å². The highest BCUT2D eigenvalue weighted by molar-refractivity contribution is 6.02. The lowest BCUT2D eigenvalue weighted by molar-refractivity contribution is -0.139. The number of carbonyl (C=O) groups is 3. The number of rotatable bonds is 4. The molecule has 0 unspecified atom stereocenters. The quantitative estimate of drug-likeness (QED) is 0.758. The molecule has 5 heteroatoms. The van der Waals surface area contributed by atoms with Gasteiger partial charge < -0.3 is 5.11 Å². The zero-order valence-electron chi connectivity index (χ0n) is 8.71. The fraction of sp³-hybridized carbons (Fsp3) is 0.182. The molecular weight excluding hydrogens is 210 g/mol. The molecule has 0 aliphatic rings. The van der Waals surface area contributed by atoms with E-state index in [9.17, 15) is 14.4 Å². The van der Waals surface area contributed by atoms with Crippen LogP contribution in [-0.4, -0.2) is 34.8 Å². The molecule has 1 N–H and O–H groups in total. The van der Waals surface area contributed by atoms with Gasteiger partial charge in [-0.05, 0) is 18.6 Å². The Hall–Kier alpha value is -2.17. The van der Waals surface area contributed by atoms with E-state index in [-0.39, 0.29) is 6.41 Å². The smallest absolute Gasteiger partial charge is 0.323 e. The average Bonchev–Trinajstić information content (AvgIpc) is 2.25. The third-order valence-electron chi connectivity index (χ3n) is 2.07. The van der Waals surface area contributed by atoms with Gasteiger partial charge in [-0.3, -0.25) is 19.3 Å². The molecule has 0 saturated carbocycles. The van der Waals surface area contributed by atoms with Crippen molar-refractivity contribution in [3.63, 3.8) is 0 Å². The second kappa shape index (κ2) is 5.06. The molecule has 2 amide bonds. The van der Waals surface area contributed by atoms with Gasteiger partial charge in [0.2, 0.25) is 6.41 Å². The van der Waals surface area contributed by atoms with Gasteiger partial charge in [0.05, 0.1) is 0 Å². The highest BCUT2D eigenvalue weighted by Gasteiger charge is 2.18. The summed E-state index contributed by atoms with van der Waals surface area (Å²) in [6.45, 7) is 1.09. The van der Waals surface area contributed by atoms with Crippen LogP contribution in [0.15, 0.2) is 24.3 Å². The molecule has 1 rings (SSSR count). The maximum absolute atomic E-state index is 11.8. The van der Waals surface area contributed by atoms with E-state index in [4.69, 9.17) is 5.11 Å². The first-order chi connectivity index (χ1) is 7.56. The topological polar surface area (TPSA) is 74.7 Å². The fourth-order valence-corrected chi connectivity index (χ4v) is 1.27. The number of nitrogens with zero attached hydrogens (tertiary/aromatic N) is 1. The van der Waals surface area contributed by atoms with E-state index in [1.807, 2.05) is 0 Å². The highest BCUT2D eigenvalue weighted by atomic mass is 16.4. The minimum Gasteiger partial charge on any atom is -0.480 e. The molecule has 16 heavy (non-hydrogen) atoms. The average molecular weight is 221 g/mol. The van der Waals surface area contributed by atoms with E-state index in [0.717, 1.165) is 0 Å². The molecular formula is C11H11NO4. The summed E-state index contributed by atoms with van der Waals surface area (Å²) in [5, 5.41) is 8.53. The number of aryl methyl sites for hydroxylation is 1. The molecule has 5 nitrogen and oxygen atoms in total. The normalized spacial score (nSPS) is 9.56. The Morgan fingerprint density at radius 1 is 1.38 bits per heavy atom. The Morgan fingerprint density at radius 3 is 2.50 bits per heavy atom. The van der Waals surface area contributed by atoms with Crippen LogP contribution in [0.25, 0.3) is 0 Å². The summed E-state index contributed by atoms with van der Waals surface area (Å²) in [5.41, 5.74) is 1.03. The van der Waals surface area contributed by atoms with E-state index in [0.29, 0.717) is 16.0 Å². The summed E-state index contributed by atoms with van der Waals surface area (Å²) < 4.78 is 0. The molecule has 0 radical (unpaired) electrons. The largest absolute Gasteiger partial charge is 0.480 e. The summed E-state index contributed by atoms with van der Waals surface area (Å²) in [5.74, 6) is -1.83. The van der Waals surface area contributed by atoms with Crippen LogP contribution in [-0.2, 0) is 9.59 Å². The van der Waals surface area contributed by atoms with Crippen molar-refractivity contribution in [1.29, 1.82) is 0 Å². The van der Waals surface area contributed by atoms with Crippen molar-refractivity contribution in [2.75, 3.05) is 6.54 Å². The first kappa shape index (κ1) is 11.9. The van der Waals surface area contributed by atoms with Crippen LogP contribution >= 0.6 is 0 Å². The summed E-state index contributed by atoms with van der Waals surface area (Å²) >= 11 is 0. The second-order valence-corrected chi connectivity index (χ2v) is 3.25. The molecule has 1 aromatic carbocycles. The predicted molar refractivity (Wildman–Crippen MR) is 55.9 cm³/mol. The van der Waals surface area contributed by atoms with Crippen molar-refractivity contribution in [2.45, 2.75) is 6.92 Å². The lowest BCUT2D eigenvalue weighted by Gasteiger charge is -2.13. The first-order valence-electron chi connectivity index (χ1n) is 4.60. The number of amides is 2. The third-order valence-corrected chi connectivity index (χ3v) is 2.07. The molecule has 0 aliphatic heterocycles. The predicted octanol–water partition coefficient (Wildman–Crippen LogP) is 0.678. The highest BCUT2D eigenvalue weighted by Crippen LogP contribution is 2.09. The van der Waals surface area contributed by atoms with Crippen LogP contribution < -0.4 is 0 Å². The fourth-order valence-electron chi connectivity index (χ4n) is 1.27. The van der Waals surface area contributed by atoms with Crippen LogP contribution in [0.4, 0.5) is 0 Å². The summed E-state index contributed by atoms with van der Waals surface area (Å²) in [6, 6.07) is 6.69. The van der Waals surface area contributed by atoms with Gasteiger partial charge in [-0.2, -0.15) is 0 Å². The van der Waals surface area contributed by atoms with Crippen LogP contribution in [0.5, 0.6) is 0 Å². The monoisotopic (exact) mass is 221 g/mol. The minimum absolute atomic E-state index is 0.225. The Morgan fingerprint density at radius 2 is 2.00 bits per heavy atom.